The van der Waals surface area contributed by atoms with Crippen molar-refractivity contribution in [2.75, 3.05) is 44.2 Å². The number of carboxylic acid groups (broad SMARTS) is 1. The molecule has 0 spiro atoms. The second-order valence-corrected chi connectivity index (χ2v) is 9.18. The Hall–Kier alpha value is -2.65. The van der Waals surface area contributed by atoms with Gasteiger partial charge >= 0.3 is 12.1 Å². The summed E-state index contributed by atoms with van der Waals surface area (Å²) in [6.07, 6.45) is -0.859. The predicted octanol–water partition coefficient (Wildman–Crippen LogP) is 3.98. The number of pyridine rings is 1. The highest BCUT2D eigenvalue weighted by atomic mass is 19.4. The lowest BCUT2D eigenvalue weighted by Gasteiger charge is -2.47. The zero-order chi connectivity index (χ0) is 24.1. The molecule has 2 aliphatic heterocycles. The summed E-state index contributed by atoms with van der Waals surface area (Å²) in [5, 5.41) is 9.26. The van der Waals surface area contributed by atoms with E-state index in [2.05, 4.69) is 14.8 Å². The van der Waals surface area contributed by atoms with E-state index in [0.717, 1.165) is 50.9 Å². The summed E-state index contributed by atoms with van der Waals surface area (Å²) >= 11 is 0. The lowest BCUT2D eigenvalue weighted by molar-refractivity contribution is -0.138. The van der Waals surface area contributed by atoms with Crippen LogP contribution in [0.1, 0.15) is 30.5 Å². The Morgan fingerprint density at radius 3 is 2.53 bits per heavy atom. The minimum atomic E-state index is -4.35. The first-order chi connectivity index (χ1) is 16.3. The number of carbonyl (C=O) groups is 1. The van der Waals surface area contributed by atoms with E-state index in [-0.39, 0.29) is 18.4 Å². The topological polar surface area (TPSA) is 59.9 Å². The summed E-state index contributed by atoms with van der Waals surface area (Å²) in [5.74, 6) is -0.552. The Morgan fingerprint density at radius 2 is 1.85 bits per heavy atom. The highest BCUT2D eigenvalue weighted by molar-refractivity contribution is 5.66. The van der Waals surface area contributed by atoms with Gasteiger partial charge in [0.15, 0.2) is 0 Å². The number of aliphatic carboxylic acids is 1. The van der Waals surface area contributed by atoms with E-state index < -0.39 is 17.7 Å². The molecule has 1 aromatic carbocycles. The first-order valence-electron chi connectivity index (χ1n) is 11.8. The van der Waals surface area contributed by atoms with Crippen LogP contribution in [0.4, 0.5) is 18.9 Å². The molecule has 0 radical (unpaired) electrons. The van der Waals surface area contributed by atoms with Crippen molar-refractivity contribution in [1.29, 1.82) is 0 Å². The molecule has 2 fully saturated rings. The van der Waals surface area contributed by atoms with Crippen LogP contribution in [0.15, 0.2) is 48.7 Å². The van der Waals surface area contributed by atoms with Gasteiger partial charge in [-0.05, 0) is 49.1 Å². The lowest BCUT2D eigenvalue weighted by Crippen LogP contribution is -2.56. The molecule has 0 aliphatic carbocycles. The molecule has 0 bridgehead atoms. The van der Waals surface area contributed by atoms with Gasteiger partial charge < -0.3 is 10.0 Å². The van der Waals surface area contributed by atoms with Crippen molar-refractivity contribution in [2.24, 2.45) is 5.92 Å². The maximum atomic E-state index is 13.1. The number of halogens is 3. The zero-order valence-electron chi connectivity index (χ0n) is 19.1. The van der Waals surface area contributed by atoms with Crippen LogP contribution in [0.5, 0.6) is 0 Å². The van der Waals surface area contributed by atoms with Gasteiger partial charge in [0.05, 0.1) is 11.3 Å². The summed E-state index contributed by atoms with van der Waals surface area (Å²) < 4.78 is 39.3. The molecule has 2 aliphatic rings. The number of rotatable bonds is 7. The molecule has 2 atom stereocenters. The van der Waals surface area contributed by atoms with E-state index in [9.17, 15) is 23.1 Å². The third-order valence-corrected chi connectivity index (χ3v) is 6.94. The third kappa shape index (κ3) is 6.27. The average molecular weight is 477 g/mol. The number of carboxylic acids is 1. The Morgan fingerprint density at radius 1 is 1.06 bits per heavy atom. The standard InChI is InChI=1S/C25H31F3N4O2/c26-25(27,28)20-4-3-6-22(16-20)31-12-14-32(15-13-31)23-9-11-30(17-19(23)7-8-24(33)34)18-21-5-1-2-10-29-21/h1-6,10,16,19,23H,7-9,11-15,17-18H2,(H,33,34)/t19-,23+/m0/s1. The maximum Gasteiger partial charge on any atom is 0.416 e. The minimum Gasteiger partial charge on any atom is -0.481 e. The first kappa shape index (κ1) is 24.5. The smallest absolute Gasteiger partial charge is 0.416 e. The number of piperidine rings is 1. The first-order valence-corrected chi connectivity index (χ1v) is 11.8. The molecule has 184 valence electrons. The van der Waals surface area contributed by atoms with E-state index in [1.165, 1.54) is 12.1 Å². The van der Waals surface area contributed by atoms with E-state index in [1.54, 1.807) is 12.3 Å². The molecule has 9 heteroatoms. The van der Waals surface area contributed by atoms with E-state index >= 15 is 0 Å². The van der Waals surface area contributed by atoms with Crippen LogP contribution < -0.4 is 4.90 Å². The van der Waals surface area contributed by atoms with Crippen LogP contribution in [0.2, 0.25) is 0 Å². The Labute approximate surface area is 198 Å². The molecule has 1 N–H and O–H groups in total. The largest absolute Gasteiger partial charge is 0.481 e. The van der Waals surface area contributed by atoms with Crippen molar-refractivity contribution in [3.63, 3.8) is 0 Å². The molecule has 0 unspecified atom stereocenters. The molecule has 6 nitrogen and oxygen atoms in total. The Bertz CT molecular complexity index is 949. The highest BCUT2D eigenvalue weighted by Gasteiger charge is 2.35. The number of nitrogens with zero attached hydrogens (tertiary/aromatic N) is 4. The van der Waals surface area contributed by atoms with E-state index in [0.29, 0.717) is 25.2 Å². The maximum absolute atomic E-state index is 13.1. The Kier molecular flexibility index (Phi) is 7.73. The fraction of sp³-hybridized carbons (Fsp3) is 0.520. The summed E-state index contributed by atoms with van der Waals surface area (Å²) in [6.45, 7) is 5.30. The molecular weight excluding hydrogens is 445 g/mol. The van der Waals surface area contributed by atoms with Gasteiger partial charge in [-0.3, -0.25) is 19.6 Å². The van der Waals surface area contributed by atoms with E-state index in [1.807, 2.05) is 23.1 Å². The normalized spacial score (nSPS) is 22.6. The van der Waals surface area contributed by atoms with Crippen LogP contribution in [-0.4, -0.2) is 71.2 Å². The zero-order valence-corrected chi connectivity index (χ0v) is 19.1. The van der Waals surface area contributed by atoms with Gasteiger partial charge in [-0.1, -0.05) is 12.1 Å². The second-order valence-electron chi connectivity index (χ2n) is 9.18. The number of aromatic nitrogens is 1. The van der Waals surface area contributed by atoms with Gasteiger partial charge in [0.25, 0.3) is 0 Å². The van der Waals surface area contributed by atoms with Crippen LogP contribution in [0.25, 0.3) is 0 Å². The third-order valence-electron chi connectivity index (χ3n) is 6.94. The van der Waals surface area contributed by atoms with Gasteiger partial charge in [0, 0.05) is 70.2 Å². The molecule has 0 saturated carbocycles. The summed E-state index contributed by atoms with van der Waals surface area (Å²) in [7, 11) is 0. The highest BCUT2D eigenvalue weighted by Crippen LogP contribution is 2.33. The van der Waals surface area contributed by atoms with Crippen LogP contribution in [0, 0.1) is 5.92 Å². The van der Waals surface area contributed by atoms with Crippen molar-refractivity contribution >= 4 is 11.7 Å². The predicted molar refractivity (Wildman–Crippen MR) is 124 cm³/mol. The number of anilines is 1. The van der Waals surface area contributed by atoms with Gasteiger partial charge in [-0.2, -0.15) is 13.2 Å². The number of piperazine rings is 1. The van der Waals surface area contributed by atoms with Gasteiger partial charge in [0.2, 0.25) is 0 Å². The number of benzene rings is 1. The van der Waals surface area contributed by atoms with Crippen molar-refractivity contribution < 1.29 is 23.1 Å². The fourth-order valence-electron chi connectivity index (χ4n) is 5.22. The minimum absolute atomic E-state index is 0.142. The molecule has 0 amide bonds. The summed E-state index contributed by atoms with van der Waals surface area (Å²) in [6, 6.07) is 11.7. The molecule has 34 heavy (non-hydrogen) atoms. The number of likely N-dealkylation sites (tertiary alicyclic amines) is 1. The number of alkyl halides is 3. The molecular formula is C25H31F3N4O2. The van der Waals surface area contributed by atoms with Crippen molar-refractivity contribution in [3.8, 4) is 0 Å². The second kappa shape index (κ2) is 10.7. The molecule has 1 aromatic heterocycles. The number of hydrogen-bond donors (Lipinski definition) is 1. The van der Waals surface area contributed by atoms with Gasteiger partial charge in [-0.15, -0.1) is 0 Å². The van der Waals surface area contributed by atoms with Crippen LogP contribution in [-0.2, 0) is 17.5 Å². The lowest BCUT2D eigenvalue weighted by atomic mass is 9.86. The van der Waals surface area contributed by atoms with Crippen LogP contribution >= 0.6 is 0 Å². The van der Waals surface area contributed by atoms with E-state index in [4.69, 9.17) is 0 Å². The average Bonchev–Trinajstić information content (AvgIpc) is 2.83. The van der Waals surface area contributed by atoms with Gasteiger partial charge in [0.1, 0.15) is 0 Å². The quantitative estimate of drug-likeness (QED) is 0.653. The van der Waals surface area contributed by atoms with Crippen molar-refractivity contribution in [1.82, 2.24) is 14.8 Å². The molecule has 3 heterocycles. The monoisotopic (exact) mass is 476 g/mol. The molecule has 4 rings (SSSR count). The SMILES string of the molecule is O=C(O)CC[C@H]1CN(Cc2ccccn2)CC[C@H]1N1CCN(c2cccc(C(F)(F)F)c2)CC1. The Balaban J connectivity index is 1.38. The summed E-state index contributed by atoms with van der Waals surface area (Å²) in [5.41, 5.74) is 0.983. The summed E-state index contributed by atoms with van der Waals surface area (Å²) in [4.78, 5) is 22.5. The van der Waals surface area contributed by atoms with Crippen molar-refractivity contribution in [3.05, 3.63) is 59.9 Å². The molecule has 2 aromatic rings. The fourth-order valence-corrected chi connectivity index (χ4v) is 5.22. The van der Waals surface area contributed by atoms with Crippen molar-refractivity contribution in [2.45, 2.75) is 38.0 Å². The number of hydrogen-bond acceptors (Lipinski definition) is 5. The molecule has 2 saturated heterocycles. The van der Waals surface area contributed by atoms with Gasteiger partial charge in [-0.25, -0.2) is 0 Å². The van der Waals surface area contributed by atoms with Crippen LogP contribution in [0.3, 0.4) is 0 Å².